The molecule has 0 spiro atoms. The molecule has 1 saturated carbocycles. The summed E-state index contributed by atoms with van der Waals surface area (Å²) in [5.74, 6) is -0.466. The van der Waals surface area contributed by atoms with E-state index in [0.717, 1.165) is 0 Å². The van der Waals surface area contributed by atoms with Gasteiger partial charge in [-0.25, -0.2) is 9.59 Å². The molecule has 1 aliphatic heterocycles. The molecule has 2 fully saturated rings. The van der Waals surface area contributed by atoms with Crippen LogP contribution in [0.5, 0.6) is 0 Å². The molecule has 0 aromatic carbocycles. The minimum absolute atomic E-state index is 0.00513. The minimum atomic E-state index is -0.861. The van der Waals surface area contributed by atoms with Gasteiger partial charge in [0.25, 0.3) is 0 Å². The highest BCUT2D eigenvalue weighted by molar-refractivity contribution is 5.91. The van der Waals surface area contributed by atoms with Gasteiger partial charge in [0.1, 0.15) is 17.7 Å². The first kappa shape index (κ1) is 21.5. The number of nitrogens with one attached hydrogen (secondary N) is 1. The maximum Gasteiger partial charge on any atom is 0.408 e. The predicted molar refractivity (Wildman–Crippen MR) is 97.8 cm³/mol. The second kappa shape index (κ2) is 7.66. The first-order valence-corrected chi connectivity index (χ1v) is 9.42. The molecular formula is C19H32N2O6. The second-order valence-corrected chi connectivity index (χ2v) is 8.98. The lowest BCUT2D eigenvalue weighted by molar-refractivity contribution is -0.153. The number of likely N-dealkylation sites (tertiary alicyclic amines) is 1. The Bertz CT molecular complexity index is 597. The van der Waals surface area contributed by atoms with Crippen LogP contribution in [0.4, 0.5) is 4.79 Å². The number of methoxy groups -OCH3 is 1. The summed E-state index contributed by atoms with van der Waals surface area (Å²) in [5.41, 5.74) is -0.697. The summed E-state index contributed by atoms with van der Waals surface area (Å²) in [7, 11) is 1.32. The minimum Gasteiger partial charge on any atom is -0.467 e. The van der Waals surface area contributed by atoms with Crippen LogP contribution in [-0.4, -0.2) is 65.9 Å². The molecule has 0 aromatic rings. The maximum absolute atomic E-state index is 13.1. The highest BCUT2D eigenvalue weighted by atomic mass is 16.6. The summed E-state index contributed by atoms with van der Waals surface area (Å²) in [6.07, 6.45) is -0.0861. The zero-order valence-electron chi connectivity index (χ0n) is 17.1. The summed E-state index contributed by atoms with van der Waals surface area (Å²) in [6.45, 7) is 9.74. The number of piperidine rings is 1. The van der Waals surface area contributed by atoms with Gasteiger partial charge in [-0.05, 0) is 44.9 Å². The van der Waals surface area contributed by atoms with Crippen molar-refractivity contribution in [2.45, 2.75) is 65.1 Å². The molecule has 1 aliphatic carbocycles. The molecule has 8 heteroatoms. The van der Waals surface area contributed by atoms with Crippen molar-refractivity contribution >= 4 is 18.0 Å². The summed E-state index contributed by atoms with van der Waals surface area (Å²) >= 11 is 0. The molecule has 154 valence electrons. The zero-order valence-corrected chi connectivity index (χ0v) is 17.1. The van der Waals surface area contributed by atoms with E-state index in [9.17, 15) is 14.4 Å². The third-order valence-electron chi connectivity index (χ3n) is 5.57. The third kappa shape index (κ3) is 4.54. The van der Waals surface area contributed by atoms with E-state index in [-0.39, 0.29) is 36.2 Å². The first-order chi connectivity index (χ1) is 12.4. The fourth-order valence-corrected chi connectivity index (χ4v) is 4.11. The second-order valence-electron chi connectivity index (χ2n) is 8.98. The Balaban J connectivity index is 2.14. The maximum atomic E-state index is 13.1. The van der Waals surface area contributed by atoms with E-state index in [1.165, 1.54) is 12.0 Å². The molecule has 1 saturated heterocycles. The predicted octanol–water partition coefficient (Wildman–Crippen LogP) is 1.31. The number of hydrogen-bond acceptors (Lipinski definition) is 6. The zero-order chi connectivity index (χ0) is 20.6. The fourth-order valence-electron chi connectivity index (χ4n) is 4.11. The van der Waals surface area contributed by atoms with Crippen molar-refractivity contribution in [1.82, 2.24) is 10.2 Å². The van der Waals surface area contributed by atoms with Crippen LogP contribution < -0.4 is 5.32 Å². The molecular weight excluding hydrogens is 352 g/mol. The van der Waals surface area contributed by atoms with Crippen molar-refractivity contribution in [2.24, 2.45) is 17.3 Å². The number of fused-ring (bicyclic) bond motifs is 1. The number of alkyl carbamates (subject to hydrolysis) is 1. The van der Waals surface area contributed by atoms with E-state index in [2.05, 4.69) is 19.2 Å². The summed E-state index contributed by atoms with van der Waals surface area (Å²) in [5, 5.41) is 11.7. The highest BCUT2D eigenvalue weighted by Gasteiger charge is 2.70. The molecule has 0 radical (unpaired) electrons. The van der Waals surface area contributed by atoms with Gasteiger partial charge >= 0.3 is 12.1 Å². The Morgan fingerprint density at radius 1 is 1.30 bits per heavy atom. The van der Waals surface area contributed by atoms with Gasteiger partial charge in [-0.15, -0.1) is 0 Å². The Labute approximate surface area is 160 Å². The summed E-state index contributed by atoms with van der Waals surface area (Å²) in [4.78, 5) is 39.1. The van der Waals surface area contributed by atoms with Gasteiger partial charge in [0.2, 0.25) is 5.91 Å². The molecule has 2 N–H and O–H groups in total. The molecule has 2 amide bonds. The van der Waals surface area contributed by atoms with Gasteiger partial charge in [-0.1, -0.05) is 13.8 Å². The van der Waals surface area contributed by atoms with Crippen LogP contribution in [-0.2, 0) is 19.1 Å². The van der Waals surface area contributed by atoms with Gasteiger partial charge in [-0.3, -0.25) is 4.79 Å². The molecule has 2 rings (SSSR count). The Hall–Kier alpha value is -1.83. The van der Waals surface area contributed by atoms with E-state index in [0.29, 0.717) is 13.0 Å². The van der Waals surface area contributed by atoms with Gasteiger partial charge in [0.05, 0.1) is 7.11 Å². The van der Waals surface area contributed by atoms with Gasteiger partial charge < -0.3 is 24.8 Å². The average molecular weight is 384 g/mol. The van der Waals surface area contributed by atoms with Crippen LogP contribution in [0.3, 0.4) is 0 Å². The number of esters is 1. The lowest BCUT2D eigenvalue weighted by Gasteiger charge is -2.32. The van der Waals surface area contributed by atoms with Gasteiger partial charge in [0, 0.05) is 19.1 Å². The lowest BCUT2D eigenvalue weighted by Crippen LogP contribution is -2.54. The first-order valence-electron chi connectivity index (χ1n) is 9.42. The molecule has 2 aliphatic rings. The van der Waals surface area contributed by atoms with E-state index < -0.39 is 29.7 Å². The molecule has 4 atom stereocenters. The van der Waals surface area contributed by atoms with Crippen molar-refractivity contribution in [3.05, 3.63) is 0 Å². The SMILES string of the molecule is COC(=O)[C@@H]1[C@@H]2C(CN1C(=O)[C@H](CCCO)NC(=O)OC(C)(C)C)C2(C)C. The van der Waals surface area contributed by atoms with Gasteiger partial charge in [0.15, 0.2) is 0 Å². The third-order valence-corrected chi connectivity index (χ3v) is 5.57. The number of aliphatic hydroxyl groups is 1. The number of carbonyl (C=O) groups excluding carboxylic acids is 3. The largest absolute Gasteiger partial charge is 0.467 e. The van der Waals surface area contributed by atoms with E-state index in [1.54, 1.807) is 20.8 Å². The number of nitrogens with zero attached hydrogens (tertiary/aromatic N) is 1. The monoisotopic (exact) mass is 384 g/mol. The van der Waals surface area contributed by atoms with Crippen LogP contribution in [0.1, 0.15) is 47.5 Å². The fraction of sp³-hybridized carbons (Fsp3) is 0.842. The van der Waals surface area contributed by atoms with Crippen molar-refractivity contribution in [3.63, 3.8) is 0 Å². The molecule has 8 nitrogen and oxygen atoms in total. The van der Waals surface area contributed by atoms with Gasteiger partial charge in [-0.2, -0.15) is 0 Å². The van der Waals surface area contributed by atoms with Crippen LogP contribution in [0.25, 0.3) is 0 Å². The van der Waals surface area contributed by atoms with Crippen molar-refractivity contribution < 1.29 is 29.0 Å². The molecule has 1 heterocycles. The number of ether oxygens (including phenoxy) is 2. The standard InChI is InChI=1S/C19H32N2O6/c1-18(2,3)27-17(25)20-12(8-7-9-22)15(23)21-10-11-13(19(11,4)5)14(21)16(24)26-6/h11-14,22H,7-10H2,1-6H3,(H,20,25)/t11?,12-,13-,14-/m0/s1. The molecule has 27 heavy (non-hydrogen) atoms. The quantitative estimate of drug-likeness (QED) is 0.669. The van der Waals surface area contributed by atoms with Crippen molar-refractivity contribution in [2.75, 3.05) is 20.3 Å². The molecule has 1 unspecified atom stereocenters. The van der Waals surface area contributed by atoms with Crippen molar-refractivity contribution in [1.29, 1.82) is 0 Å². The van der Waals surface area contributed by atoms with Crippen LogP contribution >= 0.6 is 0 Å². The van der Waals surface area contributed by atoms with Crippen LogP contribution in [0.15, 0.2) is 0 Å². The number of aliphatic hydroxyl groups excluding tert-OH is 1. The smallest absolute Gasteiger partial charge is 0.408 e. The van der Waals surface area contributed by atoms with Crippen molar-refractivity contribution in [3.8, 4) is 0 Å². The number of carbonyl (C=O) groups is 3. The molecule has 0 aromatic heterocycles. The molecule has 0 bridgehead atoms. The Kier molecular flexibility index (Phi) is 6.09. The average Bonchev–Trinajstić information content (AvgIpc) is 2.93. The topological polar surface area (TPSA) is 105 Å². The van der Waals surface area contributed by atoms with E-state index in [1.807, 2.05) is 0 Å². The number of hydrogen-bond donors (Lipinski definition) is 2. The Morgan fingerprint density at radius 3 is 2.44 bits per heavy atom. The normalized spacial score (nSPS) is 26.8. The van der Waals surface area contributed by atoms with Crippen LogP contribution in [0, 0.1) is 17.3 Å². The summed E-state index contributed by atoms with van der Waals surface area (Å²) in [6, 6.07) is -1.50. The van der Waals surface area contributed by atoms with E-state index >= 15 is 0 Å². The Morgan fingerprint density at radius 2 is 1.93 bits per heavy atom. The number of amides is 2. The van der Waals surface area contributed by atoms with E-state index in [4.69, 9.17) is 14.6 Å². The number of rotatable bonds is 6. The lowest BCUT2D eigenvalue weighted by atomic mass is 10.00. The highest BCUT2D eigenvalue weighted by Crippen LogP contribution is 2.65. The van der Waals surface area contributed by atoms with Crippen LogP contribution in [0.2, 0.25) is 0 Å². The summed E-state index contributed by atoms with van der Waals surface area (Å²) < 4.78 is 10.2.